The second kappa shape index (κ2) is 7.33. The first kappa shape index (κ1) is 17.4. The van der Waals surface area contributed by atoms with E-state index in [1.807, 2.05) is 19.2 Å². The Balaban J connectivity index is 1.42. The van der Waals surface area contributed by atoms with Crippen LogP contribution >= 0.6 is 22.7 Å². The maximum absolute atomic E-state index is 12.3. The van der Waals surface area contributed by atoms with Crippen molar-refractivity contribution in [3.05, 3.63) is 47.2 Å². The van der Waals surface area contributed by atoms with E-state index in [9.17, 15) is 4.79 Å². The molecule has 0 unspecified atom stereocenters. The van der Waals surface area contributed by atoms with Gasteiger partial charge in [0, 0.05) is 35.1 Å². The van der Waals surface area contributed by atoms with Crippen molar-refractivity contribution in [3.8, 4) is 21.7 Å². The van der Waals surface area contributed by atoms with E-state index in [0.29, 0.717) is 5.13 Å². The molecule has 8 nitrogen and oxygen atoms in total. The fourth-order valence-electron chi connectivity index (χ4n) is 2.56. The number of anilines is 1. The quantitative estimate of drug-likeness (QED) is 0.555. The minimum absolute atomic E-state index is 0.0985. The Morgan fingerprint density at radius 3 is 2.70 bits per heavy atom. The van der Waals surface area contributed by atoms with Gasteiger partial charge in [-0.2, -0.15) is 5.10 Å². The SMILES string of the molecule is Cc1nc(C)c(-c2csc(NC(=O)Cn3cc(-c4cncnc4)cn3)n2)s1. The zero-order chi connectivity index (χ0) is 18.8. The Kier molecular flexibility index (Phi) is 4.73. The van der Waals surface area contributed by atoms with E-state index >= 15 is 0 Å². The minimum Gasteiger partial charge on any atom is -0.300 e. The highest BCUT2D eigenvalue weighted by Crippen LogP contribution is 2.32. The van der Waals surface area contributed by atoms with Gasteiger partial charge in [0.05, 0.1) is 27.5 Å². The highest BCUT2D eigenvalue weighted by Gasteiger charge is 2.13. The number of rotatable bonds is 5. The van der Waals surface area contributed by atoms with E-state index in [0.717, 1.165) is 32.4 Å². The van der Waals surface area contributed by atoms with E-state index in [1.54, 1.807) is 40.8 Å². The minimum atomic E-state index is -0.188. The van der Waals surface area contributed by atoms with Crippen LogP contribution in [-0.4, -0.2) is 35.6 Å². The van der Waals surface area contributed by atoms with Crippen LogP contribution in [0.5, 0.6) is 0 Å². The summed E-state index contributed by atoms with van der Waals surface area (Å²) in [6.07, 6.45) is 8.35. The molecule has 1 amide bonds. The smallest absolute Gasteiger partial charge is 0.247 e. The molecule has 1 N–H and O–H groups in total. The number of amides is 1. The van der Waals surface area contributed by atoms with Crippen LogP contribution in [0, 0.1) is 13.8 Å². The van der Waals surface area contributed by atoms with Gasteiger partial charge in [0.2, 0.25) is 5.91 Å². The van der Waals surface area contributed by atoms with Crippen LogP contribution in [-0.2, 0) is 11.3 Å². The highest BCUT2D eigenvalue weighted by atomic mass is 32.1. The Morgan fingerprint density at radius 1 is 1.15 bits per heavy atom. The number of hydrogen-bond donors (Lipinski definition) is 1. The number of nitrogens with one attached hydrogen (secondary N) is 1. The lowest BCUT2D eigenvalue weighted by molar-refractivity contribution is -0.116. The summed E-state index contributed by atoms with van der Waals surface area (Å²) in [7, 11) is 0. The van der Waals surface area contributed by atoms with Gasteiger partial charge in [-0.25, -0.2) is 19.9 Å². The molecular weight excluding hydrogens is 382 g/mol. The van der Waals surface area contributed by atoms with E-state index in [-0.39, 0.29) is 12.5 Å². The molecule has 0 aliphatic heterocycles. The highest BCUT2D eigenvalue weighted by molar-refractivity contribution is 7.16. The molecule has 136 valence electrons. The van der Waals surface area contributed by atoms with Crippen LogP contribution in [0.4, 0.5) is 5.13 Å². The Morgan fingerprint density at radius 2 is 1.96 bits per heavy atom. The molecule has 4 aromatic rings. The first-order valence-corrected chi connectivity index (χ1v) is 9.76. The largest absolute Gasteiger partial charge is 0.300 e. The third-order valence-electron chi connectivity index (χ3n) is 3.72. The molecule has 0 saturated carbocycles. The van der Waals surface area contributed by atoms with Crippen LogP contribution in [0.25, 0.3) is 21.7 Å². The lowest BCUT2D eigenvalue weighted by Crippen LogP contribution is -2.18. The number of aromatic nitrogens is 6. The molecule has 4 aromatic heterocycles. The fourth-order valence-corrected chi connectivity index (χ4v) is 4.23. The Hall–Kier alpha value is -2.98. The molecular formula is C17H15N7OS2. The summed E-state index contributed by atoms with van der Waals surface area (Å²) in [6.45, 7) is 4.03. The number of hydrogen-bond acceptors (Lipinski definition) is 8. The molecule has 0 aliphatic rings. The zero-order valence-electron chi connectivity index (χ0n) is 14.6. The summed E-state index contributed by atoms with van der Waals surface area (Å²) >= 11 is 2.99. The number of thiazole rings is 2. The fraction of sp³-hybridized carbons (Fsp3) is 0.176. The number of carbonyl (C=O) groups is 1. The standard InChI is InChI=1S/C17H15N7OS2/c1-10-16(27-11(2)21-10)14-8-26-17(22-14)23-15(25)7-24-6-13(5-20-24)12-3-18-9-19-4-12/h3-6,8-9H,7H2,1-2H3,(H,22,23,25). The van der Waals surface area contributed by atoms with Gasteiger partial charge in [-0.1, -0.05) is 0 Å². The molecule has 0 radical (unpaired) electrons. The summed E-state index contributed by atoms with van der Waals surface area (Å²) in [4.78, 5) is 30.2. The molecule has 27 heavy (non-hydrogen) atoms. The summed E-state index contributed by atoms with van der Waals surface area (Å²) in [5, 5.41) is 10.5. The lowest BCUT2D eigenvalue weighted by atomic mass is 10.2. The van der Waals surface area contributed by atoms with Gasteiger partial charge in [0.1, 0.15) is 12.9 Å². The van der Waals surface area contributed by atoms with Crippen LogP contribution < -0.4 is 5.32 Å². The van der Waals surface area contributed by atoms with Gasteiger partial charge in [0.15, 0.2) is 5.13 Å². The van der Waals surface area contributed by atoms with Crippen molar-refractivity contribution in [2.75, 3.05) is 5.32 Å². The molecule has 0 aliphatic carbocycles. The molecule has 10 heteroatoms. The second-order valence-electron chi connectivity index (χ2n) is 5.79. The lowest BCUT2D eigenvalue weighted by Gasteiger charge is -2.01. The molecule has 4 rings (SSSR count). The molecule has 0 bridgehead atoms. The van der Waals surface area contributed by atoms with Gasteiger partial charge in [-0.15, -0.1) is 22.7 Å². The summed E-state index contributed by atoms with van der Waals surface area (Å²) < 4.78 is 1.57. The predicted molar refractivity (Wildman–Crippen MR) is 105 cm³/mol. The number of carbonyl (C=O) groups excluding carboxylic acids is 1. The van der Waals surface area contributed by atoms with E-state index < -0.39 is 0 Å². The monoisotopic (exact) mass is 397 g/mol. The van der Waals surface area contributed by atoms with Gasteiger partial charge in [-0.05, 0) is 13.8 Å². The van der Waals surface area contributed by atoms with Crippen molar-refractivity contribution in [1.29, 1.82) is 0 Å². The van der Waals surface area contributed by atoms with Crippen molar-refractivity contribution in [3.63, 3.8) is 0 Å². The van der Waals surface area contributed by atoms with E-state index in [4.69, 9.17) is 0 Å². The first-order valence-electron chi connectivity index (χ1n) is 8.06. The Bertz CT molecular complexity index is 1080. The maximum Gasteiger partial charge on any atom is 0.247 e. The van der Waals surface area contributed by atoms with Gasteiger partial charge < -0.3 is 5.32 Å². The van der Waals surface area contributed by atoms with Crippen LogP contribution in [0.3, 0.4) is 0 Å². The van der Waals surface area contributed by atoms with Crippen LogP contribution in [0.15, 0.2) is 36.5 Å². The topological polar surface area (TPSA) is 98.5 Å². The van der Waals surface area contributed by atoms with Gasteiger partial charge in [0.25, 0.3) is 0 Å². The van der Waals surface area contributed by atoms with Gasteiger partial charge >= 0.3 is 0 Å². The predicted octanol–water partition coefficient (Wildman–Crippen LogP) is 3.18. The molecule has 0 saturated heterocycles. The third kappa shape index (κ3) is 3.91. The molecule has 0 fully saturated rings. The molecule has 0 aromatic carbocycles. The molecule has 0 atom stereocenters. The van der Waals surface area contributed by atoms with E-state index in [1.165, 1.54) is 17.7 Å². The van der Waals surface area contributed by atoms with Crippen molar-refractivity contribution < 1.29 is 4.79 Å². The van der Waals surface area contributed by atoms with Crippen molar-refractivity contribution in [2.45, 2.75) is 20.4 Å². The van der Waals surface area contributed by atoms with Crippen molar-refractivity contribution in [2.24, 2.45) is 0 Å². The summed E-state index contributed by atoms with van der Waals surface area (Å²) in [5.74, 6) is -0.188. The van der Waals surface area contributed by atoms with Gasteiger partial charge in [-0.3, -0.25) is 9.48 Å². The van der Waals surface area contributed by atoms with E-state index in [2.05, 4.69) is 30.4 Å². The molecule has 0 spiro atoms. The second-order valence-corrected chi connectivity index (χ2v) is 7.85. The summed E-state index contributed by atoms with van der Waals surface area (Å²) in [5.41, 5.74) is 3.50. The van der Waals surface area contributed by atoms with Crippen LogP contribution in [0.1, 0.15) is 10.7 Å². The number of nitrogens with zero attached hydrogens (tertiary/aromatic N) is 6. The first-order chi connectivity index (χ1) is 13.1. The Labute approximate surface area is 163 Å². The van der Waals surface area contributed by atoms with Crippen molar-refractivity contribution >= 4 is 33.7 Å². The summed E-state index contributed by atoms with van der Waals surface area (Å²) in [6, 6.07) is 0. The average molecular weight is 397 g/mol. The van der Waals surface area contributed by atoms with Crippen LogP contribution in [0.2, 0.25) is 0 Å². The number of aryl methyl sites for hydroxylation is 2. The maximum atomic E-state index is 12.3. The normalized spacial score (nSPS) is 10.9. The van der Waals surface area contributed by atoms with Crippen molar-refractivity contribution in [1.82, 2.24) is 29.7 Å². The molecule has 4 heterocycles. The zero-order valence-corrected chi connectivity index (χ0v) is 16.2. The average Bonchev–Trinajstić information content (AvgIpc) is 3.36. The third-order valence-corrected chi connectivity index (χ3v) is 5.57.